The molecule has 0 aliphatic heterocycles. The van der Waals surface area contributed by atoms with Crippen LogP contribution in [0.15, 0.2) is 36.8 Å². The fourth-order valence-electron chi connectivity index (χ4n) is 1.23. The van der Waals surface area contributed by atoms with Crippen molar-refractivity contribution in [2.24, 2.45) is 0 Å². The van der Waals surface area contributed by atoms with Crippen LogP contribution in [0.3, 0.4) is 0 Å². The molecular weight excluding hydrogens is 226 g/mol. The van der Waals surface area contributed by atoms with Gasteiger partial charge in [0.1, 0.15) is 12.1 Å². The van der Waals surface area contributed by atoms with Crippen LogP contribution in [0.25, 0.3) is 0 Å². The number of carbonyl (C=O) groups is 1. The van der Waals surface area contributed by atoms with Crippen LogP contribution in [0, 0.1) is 0 Å². The van der Waals surface area contributed by atoms with E-state index in [4.69, 9.17) is 11.6 Å². The highest BCUT2D eigenvalue weighted by Crippen LogP contribution is 2.19. The number of carbonyl (C=O) groups excluding carboxylic acids is 1. The molecule has 0 saturated heterocycles. The Bertz CT molecular complexity index is 516. The highest BCUT2D eigenvalue weighted by molar-refractivity contribution is 6.30. The number of nitrogens with one attached hydrogen (secondary N) is 1. The third-order valence-corrected chi connectivity index (χ3v) is 2.19. The Morgan fingerprint density at radius 3 is 3.00 bits per heavy atom. The molecule has 0 aliphatic rings. The van der Waals surface area contributed by atoms with Gasteiger partial charge in [-0.05, 0) is 18.2 Å². The highest BCUT2D eigenvalue weighted by atomic mass is 35.5. The molecule has 1 heterocycles. The van der Waals surface area contributed by atoms with Crippen molar-refractivity contribution >= 4 is 29.4 Å². The third kappa shape index (κ3) is 2.35. The third-order valence-electron chi connectivity index (χ3n) is 1.95. The normalized spacial score (nSPS) is 9.81. The summed E-state index contributed by atoms with van der Waals surface area (Å²) in [6.07, 6.45) is 3.53. The number of halogens is 1. The van der Waals surface area contributed by atoms with Crippen LogP contribution in [0.4, 0.5) is 11.5 Å². The van der Waals surface area contributed by atoms with E-state index in [0.717, 1.165) is 5.69 Å². The molecule has 2 aromatic rings. The van der Waals surface area contributed by atoms with E-state index in [1.165, 1.54) is 12.5 Å². The van der Waals surface area contributed by atoms with Gasteiger partial charge < -0.3 is 5.32 Å². The summed E-state index contributed by atoms with van der Waals surface area (Å²) in [5.74, 6) is 0.465. The number of aromatic nitrogens is 2. The molecule has 0 amide bonds. The zero-order chi connectivity index (χ0) is 11.4. The van der Waals surface area contributed by atoms with Crippen molar-refractivity contribution in [1.82, 2.24) is 9.97 Å². The molecule has 0 saturated carbocycles. The van der Waals surface area contributed by atoms with Gasteiger partial charge in [-0.25, -0.2) is 9.97 Å². The maximum atomic E-state index is 10.7. The minimum absolute atomic E-state index is 0.405. The number of rotatable bonds is 3. The van der Waals surface area contributed by atoms with Gasteiger partial charge in [0.15, 0.2) is 6.29 Å². The fraction of sp³-hybridized carbons (Fsp3) is 0. The van der Waals surface area contributed by atoms with Crippen molar-refractivity contribution in [1.29, 1.82) is 0 Å². The van der Waals surface area contributed by atoms with Crippen molar-refractivity contribution in [2.45, 2.75) is 0 Å². The number of benzene rings is 1. The number of nitrogens with zero attached hydrogens (tertiary/aromatic N) is 2. The molecule has 0 atom stereocenters. The van der Waals surface area contributed by atoms with Gasteiger partial charge in [0.05, 0.1) is 5.56 Å². The lowest BCUT2D eigenvalue weighted by atomic mass is 10.3. The first kappa shape index (κ1) is 10.6. The van der Waals surface area contributed by atoms with Crippen LogP contribution in [-0.4, -0.2) is 16.3 Å². The van der Waals surface area contributed by atoms with Gasteiger partial charge in [0.25, 0.3) is 0 Å². The average Bonchev–Trinajstić information content (AvgIpc) is 2.30. The predicted octanol–water partition coefficient (Wildman–Crippen LogP) is 2.69. The van der Waals surface area contributed by atoms with E-state index >= 15 is 0 Å². The summed E-state index contributed by atoms with van der Waals surface area (Å²) in [5.41, 5.74) is 1.18. The van der Waals surface area contributed by atoms with Crippen LogP contribution in [0.1, 0.15) is 10.4 Å². The van der Waals surface area contributed by atoms with Gasteiger partial charge >= 0.3 is 0 Å². The van der Waals surface area contributed by atoms with Gasteiger partial charge in [-0.15, -0.1) is 0 Å². The second-order valence-electron chi connectivity index (χ2n) is 3.08. The van der Waals surface area contributed by atoms with Crippen LogP contribution in [0.5, 0.6) is 0 Å². The second kappa shape index (κ2) is 4.72. The molecule has 1 aromatic carbocycles. The minimum Gasteiger partial charge on any atom is -0.339 e. The Kier molecular flexibility index (Phi) is 3.12. The van der Waals surface area contributed by atoms with Crippen LogP contribution in [-0.2, 0) is 0 Å². The van der Waals surface area contributed by atoms with E-state index in [9.17, 15) is 4.79 Å². The maximum Gasteiger partial charge on any atom is 0.155 e. The summed E-state index contributed by atoms with van der Waals surface area (Å²) < 4.78 is 0. The smallest absolute Gasteiger partial charge is 0.155 e. The Hall–Kier alpha value is -1.94. The topological polar surface area (TPSA) is 54.9 Å². The molecule has 4 nitrogen and oxygen atoms in total. The molecule has 16 heavy (non-hydrogen) atoms. The summed E-state index contributed by atoms with van der Waals surface area (Å²) in [4.78, 5) is 18.5. The van der Waals surface area contributed by atoms with E-state index in [-0.39, 0.29) is 0 Å². The van der Waals surface area contributed by atoms with Crippen LogP contribution in [0.2, 0.25) is 5.02 Å². The molecular formula is C11H8ClN3O. The molecule has 1 aromatic heterocycles. The quantitative estimate of drug-likeness (QED) is 0.829. The van der Waals surface area contributed by atoms with Crippen LogP contribution >= 0.6 is 11.6 Å². The molecule has 80 valence electrons. The molecule has 5 heteroatoms. The van der Waals surface area contributed by atoms with E-state index in [1.807, 2.05) is 12.1 Å². The van der Waals surface area contributed by atoms with Crippen molar-refractivity contribution < 1.29 is 4.79 Å². The molecule has 0 spiro atoms. The fourth-order valence-corrected chi connectivity index (χ4v) is 1.42. The van der Waals surface area contributed by atoms with Crippen molar-refractivity contribution in [3.8, 4) is 0 Å². The van der Waals surface area contributed by atoms with E-state index in [0.29, 0.717) is 22.7 Å². The molecule has 0 fully saturated rings. The predicted molar refractivity (Wildman–Crippen MR) is 62.2 cm³/mol. The highest BCUT2D eigenvalue weighted by Gasteiger charge is 2.03. The average molecular weight is 234 g/mol. The molecule has 0 unspecified atom stereocenters. The first-order chi connectivity index (χ1) is 7.79. The maximum absolute atomic E-state index is 10.7. The summed E-state index contributed by atoms with van der Waals surface area (Å²) >= 11 is 5.84. The zero-order valence-corrected chi connectivity index (χ0v) is 8.98. The molecule has 0 bridgehead atoms. The molecule has 1 N–H and O–H groups in total. The summed E-state index contributed by atoms with van der Waals surface area (Å²) in [6, 6.07) is 7.17. The Balaban J connectivity index is 2.30. The Morgan fingerprint density at radius 2 is 2.25 bits per heavy atom. The summed E-state index contributed by atoms with van der Waals surface area (Å²) in [5, 5.41) is 3.61. The standard InChI is InChI=1S/C11H8ClN3O/c12-9-2-1-3-10(4-9)15-11-8(6-16)5-13-7-14-11/h1-7H,(H,13,14,15). The number of hydrogen-bond acceptors (Lipinski definition) is 4. The monoisotopic (exact) mass is 233 g/mol. The van der Waals surface area contributed by atoms with Crippen molar-refractivity contribution in [3.63, 3.8) is 0 Å². The van der Waals surface area contributed by atoms with E-state index in [1.54, 1.807) is 12.1 Å². The van der Waals surface area contributed by atoms with Gasteiger partial charge in [-0.2, -0.15) is 0 Å². The lowest BCUT2D eigenvalue weighted by Crippen LogP contribution is -1.98. The van der Waals surface area contributed by atoms with Gasteiger partial charge in [0, 0.05) is 16.9 Å². The number of hydrogen-bond donors (Lipinski definition) is 1. The minimum atomic E-state index is 0.405. The van der Waals surface area contributed by atoms with Gasteiger partial charge in [-0.3, -0.25) is 4.79 Å². The zero-order valence-electron chi connectivity index (χ0n) is 8.22. The van der Waals surface area contributed by atoms with E-state index in [2.05, 4.69) is 15.3 Å². The summed E-state index contributed by atoms with van der Waals surface area (Å²) in [6.45, 7) is 0. The van der Waals surface area contributed by atoms with Crippen molar-refractivity contribution in [2.75, 3.05) is 5.32 Å². The molecule has 2 rings (SSSR count). The van der Waals surface area contributed by atoms with Crippen molar-refractivity contribution in [3.05, 3.63) is 47.4 Å². The van der Waals surface area contributed by atoms with Crippen LogP contribution < -0.4 is 5.32 Å². The van der Waals surface area contributed by atoms with Gasteiger partial charge in [0.2, 0.25) is 0 Å². The lowest BCUT2D eigenvalue weighted by Gasteiger charge is -2.06. The Labute approximate surface area is 97.3 Å². The first-order valence-corrected chi connectivity index (χ1v) is 4.95. The Morgan fingerprint density at radius 1 is 1.38 bits per heavy atom. The number of aldehydes is 1. The largest absolute Gasteiger partial charge is 0.339 e. The second-order valence-corrected chi connectivity index (χ2v) is 3.52. The lowest BCUT2D eigenvalue weighted by molar-refractivity contribution is 0.112. The summed E-state index contributed by atoms with van der Waals surface area (Å²) in [7, 11) is 0. The molecule has 0 aliphatic carbocycles. The van der Waals surface area contributed by atoms with E-state index < -0.39 is 0 Å². The van der Waals surface area contributed by atoms with Gasteiger partial charge in [-0.1, -0.05) is 17.7 Å². The first-order valence-electron chi connectivity index (χ1n) is 4.57. The number of anilines is 2. The SMILES string of the molecule is O=Cc1cncnc1Nc1cccc(Cl)c1. The molecule has 0 radical (unpaired) electrons.